The highest BCUT2D eigenvalue weighted by Crippen LogP contribution is 2.18. The first-order chi connectivity index (χ1) is 9.20. The van der Waals surface area contributed by atoms with E-state index in [0.29, 0.717) is 12.4 Å². The molecular weight excluding hydrogens is 244 g/mol. The molecule has 0 fully saturated rings. The number of nitrogens with zero attached hydrogens (tertiary/aromatic N) is 1. The Morgan fingerprint density at radius 1 is 1.37 bits per heavy atom. The number of carboxylic acid groups (broad SMARTS) is 1. The van der Waals surface area contributed by atoms with Gasteiger partial charge in [0.15, 0.2) is 0 Å². The lowest BCUT2D eigenvalue weighted by Gasteiger charge is -2.10. The zero-order valence-electron chi connectivity index (χ0n) is 10.5. The molecule has 2 rings (SSSR count). The second kappa shape index (κ2) is 5.86. The fourth-order valence-electron chi connectivity index (χ4n) is 1.70. The third-order valence-corrected chi connectivity index (χ3v) is 2.66. The lowest BCUT2D eigenvalue weighted by Crippen LogP contribution is -2.05. The molecule has 0 unspecified atom stereocenters. The van der Waals surface area contributed by atoms with Crippen LogP contribution in [0.4, 0.5) is 5.82 Å². The van der Waals surface area contributed by atoms with Crippen molar-refractivity contribution < 1.29 is 14.6 Å². The van der Waals surface area contributed by atoms with Gasteiger partial charge in [0.05, 0.1) is 12.7 Å². The molecule has 5 heteroatoms. The van der Waals surface area contributed by atoms with Gasteiger partial charge >= 0.3 is 5.97 Å². The van der Waals surface area contributed by atoms with Crippen LogP contribution in [0.2, 0.25) is 0 Å². The van der Waals surface area contributed by atoms with Gasteiger partial charge in [0, 0.05) is 18.3 Å². The highest BCUT2D eigenvalue weighted by Gasteiger charge is 2.05. The molecule has 19 heavy (non-hydrogen) atoms. The fraction of sp³-hybridized carbons (Fsp3) is 0.143. The van der Waals surface area contributed by atoms with Crippen molar-refractivity contribution >= 4 is 11.8 Å². The van der Waals surface area contributed by atoms with Gasteiger partial charge in [0.2, 0.25) is 0 Å². The SMILES string of the molecule is COc1ccccc1CNc1cc(C(=O)O)ccn1. The summed E-state index contributed by atoms with van der Waals surface area (Å²) in [4.78, 5) is 14.9. The lowest BCUT2D eigenvalue weighted by atomic mass is 10.2. The summed E-state index contributed by atoms with van der Waals surface area (Å²) < 4.78 is 5.24. The van der Waals surface area contributed by atoms with E-state index in [2.05, 4.69) is 10.3 Å². The van der Waals surface area contributed by atoms with Gasteiger partial charge in [-0.2, -0.15) is 0 Å². The van der Waals surface area contributed by atoms with Crippen molar-refractivity contribution in [2.75, 3.05) is 12.4 Å². The third kappa shape index (κ3) is 3.22. The molecule has 0 aliphatic rings. The van der Waals surface area contributed by atoms with Crippen LogP contribution in [0.25, 0.3) is 0 Å². The molecule has 2 N–H and O–H groups in total. The third-order valence-electron chi connectivity index (χ3n) is 2.66. The Labute approximate surface area is 110 Å². The molecule has 0 bridgehead atoms. The number of ether oxygens (including phenoxy) is 1. The first-order valence-electron chi connectivity index (χ1n) is 5.76. The van der Waals surface area contributed by atoms with Gasteiger partial charge in [-0.05, 0) is 18.2 Å². The molecule has 2 aromatic rings. The number of para-hydroxylation sites is 1. The normalized spacial score (nSPS) is 9.95. The Morgan fingerprint density at radius 3 is 2.89 bits per heavy atom. The number of benzene rings is 1. The number of hydrogen-bond acceptors (Lipinski definition) is 4. The lowest BCUT2D eigenvalue weighted by molar-refractivity contribution is 0.0697. The van der Waals surface area contributed by atoms with E-state index in [0.717, 1.165) is 11.3 Å². The summed E-state index contributed by atoms with van der Waals surface area (Å²) in [5.74, 6) is 0.331. The first kappa shape index (κ1) is 12.9. The minimum Gasteiger partial charge on any atom is -0.496 e. The summed E-state index contributed by atoms with van der Waals surface area (Å²) >= 11 is 0. The van der Waals surface area contributed by atoms with Crippen LogP contribution >= 0.6 is 0 Å². The average Bonchev–Trinajstić information content (AvgIpc) is 2.45. The molecule has 1 aromatic heterocycles. The van der Waals surface area contributed by atoms with Crippen molar-refractivity contribution in [2.45, 2.75) is 6.54 Å². The first-order valence-corrected chi connectivity index (χ1v) is 5.76. The quantitative estimate of drug-likeness (QED) is 0.861. The van der Waals surface area contributed by atoms with E-state index < -0.39 is 5.97 Å². The number of nitrogens with one attached hydrogen (secondary N) is 1. The van der Waals surface area contributed by atoms with Crippen LogP contribution in [0.1, 0.15) is 15.9 Å². The largest absolute Gasteiger partial charge is 0.496 e. The summed E-state index contributed by atoms with van der Waals surface area (Å²) in [6.07, 6.45) is 1.47. The smallest absolute Gasteiger partial charge is 0.335 e. The van der Waals surface area contributed by atoms with Gasteiger partial charge in [-0.3, -0.25) is 0 Å². The monoisotopic (exact) mass is 258 g/mol. The van der Waals surface area contributed by atoms with Crippen molar-refractivity contribution in [1.82, 2.24) is 4.98 Å². The Hall–Kier alpha value is -2.56. The maximum Gasteiger partial charge on any atom is 0.335 e. The van der Waals surface area contributed by atoms with E-state index in [4.69, 9.17) is 9.84 Å². The number of methoxy groups -OCH3 is 1. The highest BCUT2D eigenvalue weighted by atomic mass is 16.5. The van der Waals surface area contributed by atoms with E-state index >= 15 is 0 Å². The van der Waals surface area contributed by atoms with Crippen LogP contribution in [-0.2, 0) is 6.54 Å². The molecule has 0 radical (unpaired) electrons. The van der Waals surface area contributed by atoms with Crippen molar-refractivity contribution in [3.8, 4) is 5.75 Å². The maximum atomic E-state index is 10.9. The molecule has 1 aromatic carbocycles. The second-order valence-electron chi connectivity index (χ2n) is 3.90. The minimum atomic E-state index is -0.970. The molecule has 0 amide bonds. The van der Waals surface area contributed by atoms with E-state index in [1.54, 1.807) is 7.11 Å². The summed E-state index contributed by atoms with van der Waals surface area (Å²) in [5.41, 5.74) is 1.19. The summed E-state index contributed by atoms with van der Waals surface area (Å²) in [6.45, 7) is 0.514. The number of carbonyl (C=O) groups is 1. The molecule has 98 valence electrons. The zero-order valence-corrected chi connectivity index (χ0v) is 10.5. The fourth-order valence-corrected chi connectivity index (χ4v) is 1.70. The molecule has 1 heterocycles. The zero-order chi connectivity index (χ0) is 13.7. The maximum absolute atomic E-state index is 10.9. The molecule has 0 saturated carbocycles. The van der Waals surface area contributed by atoms with Crippen molar-refractivity contribution in [3.05, 3.63) is 53.7 Å². The summed E-state index contributed by atoms with van der Waals surface area (Å²) in [5, 5.41) is 12.0. The minimum absolute atomic E-state index is 0.206. The number of anilines is 1. The van der Waals surface area contributed by atoms with Crippen LogP contribution in [-0.4, -0.2) is 23.2 Å². The number of hydrogen-bond donors (Lipinski definition) is 2. The van der Waals surface area contributed by atoms with Crippen LogP contribution in [0, 0.1) is 0 Å². The molecule has 0 atom stereocenters. The Balaban J connectivity index is 2.10. The van der Waals surface area contributed by atoms with E-state index in [9.17, 15) is 4.79 Å². The standard InChI is InChI=1S/C14H14N2O3/c1-19-12-5-3-2-4-11(12)9-16-13-8-10(14(17)18)6-7-15-13/h2-8H,9H2,1H3,(H,15,16)(H,17,18). The molecule has 0 saturated heterocycles. The Kier molecular flexibility index (Phi) is 3.97. The number of aromatic carboxylic acids is 1. The van der Waals surface area contributed by atoms with E-state index in [1.165, 1.54) is 18.3 Å². The molecule has 0 aliphatic heterocycles. The highest BCUT2D eigenvalue weighted by molar-refractivity contribution is 5.88. The number of aromatic nitrogens is 1. The van der Waals surface area contributed by atoms with Crippen LogP contribution < -0.4 is 10.1 Å². The molecule has 5 nitrogen and oxygen atoms in total. The molecule has 0 spiro atoms. The molecular formula is C14H14N2O3. The van der Waals surface area contributed by atoms with Crippen LogP contribution in [0.3, 0.4) is 0 Å². The van der Waals surface area contributed by atoms with E-state index in [1.807, 2.05) is 24.3 Å². The van der Waals surface area contributed by atoms with Gasteiger partial charge in [-0.15, -0.1) is 0 Å². The Bertz CT molecular complexity index is 584. The number of pyridine rings is 1. The van der Waals surface area contributed by atoms with Gasteiger partial charge in [-0.25, -0.2) is 9.78 Å². The second-order valence-corrected chi connectivity index (χ2v) is 3.90. The van der Waals surface area contributed by atoms with Crippen molar-refractivity contribution in [1.29, 1.82) is 0 Å². The predicted molar refractivity (Wildman–Crippen MR) is 71.5 cm³/mol. The summed E-state index contributed by atoms with van der Waals surface area (Å²) in [7, 11) is 1.61. The van der Waals surface area contributed by atoms with Gasteiger partial charge in [-0.1, -0.05) is 18.2 Å². The Morgan fingerprint density at radius 2 is 2.16 bits per heavy atom. The number of carboxylic acids is 1. The number of rotatable bonds is 5. The van der Waals surface area contributed by atoms with Gasteiger partial charge in [0.1, 0.15) is 11.6 Å². The summed E-state index contributed by atoms with van der Waals surface area (Å²) in [6, 6.07) is 10.6. The predicted octanol–water partition coefficient (Wildman–Crippen LogP) is 2.40. The topological polar surface area (TPSA) is 71.5 Å². The van der Waals surface area contributed by atoms with Crippen molar-refractivity contribution in [2.24, 2.45) is 0 Å². The molecule has 0 aliphatic carbocycles. The van der Waals surface area contributed by atoms with Crippen molar-refractivity contribution in [3.63, 3.8) is 0 Å². The average molecular weight is 258 g/mol. The van der Waals surface area contributed by atoms with E-state index in [-0.39, 0.29) is 5.56 Å². The van der Waals surface area contributed by atoms with Gasteiger partial charge in [0.25, 0.3) is 0 Å². The van der Waals surface area contributed by atoms with Crippen LogP contribution in [0.5, 0.6) is 5.75 Å². The van der Waals surface area contributed by atoms with Crippen LogP contribution in [0.15, 0.2) is 42.6 Å². The van der Waals surface area contributed by atoms with Gasteiger partial charge < -0.3 is 15.2 Å².